The Labute approximate surface area is 71.2 Å². The minimum atomic E-state index is -0.619. The molecule has 0 aliphatic carbocycles. The van der Waals surface area contributed by atoms with Crippen LogP contribution >= 0.6 is 0 Å². The Balaban J connectivity index is 2.48. The van der Waals surface area contributed by atoms with Gasteiger partial charge in [0.05, 0.1) is 0 Å². The Bertz CT molecular complexity index is 216. The van der Waals surface area contributed by atoms with Crippen molar-refractivity contribution >= 4 is 0 Å². The van der Waals surface area contributed by atoms with Gasteiger partial charge in [-0.15, -0.1) is 0 Å². The molecule has 1 heterocycles. The number of rotatable bonds is 4. The lowest BCUT2D eigenvalue weighted by Gasteiger charge is -2.06. The molecular weight excluding hydrogens is 156 g/mol. The average Bonchev–Trinajstić information content (AvgIpc) is 2.15. The fourth-order valence-corrected chi connectivity index (χ4v) is 0.841. The van der Waals surface area contributed by atoms with E-state index < -0.39 is 6.10 Å². The van der Waals surface area contributed by atoms with Crippen LogP contribution in [0.5, 0.6) is 0 Å². The normalized spacial score (nSPS) is 12.8. The Kier molecular flexibility index (Phi) is 3.63. The van der Waals surface area contributed by atoms with Gasteiger partial charge in [-0.1, -0.05) is 0 Å². The highest BCUT2D eigenvalue weighted by Gasteiger charge is 2.08. The van der Waals surface area contributed by atoms with Crippen LogP contribution in [0, 0.1) is 0 Å². The van der Waals surface area contributed by atoms with E-state index in [9.17, 15) is 5.11 Å². The number of aliphatic hydroxyl groups excluding tert-OH is 1. The summed E-state index contributed by atoms with van der Waals surface area (Å²) in [6.45, 7) is 0.513. The Morgan fingerprint density at radius 1 is 1.50 bits per heavy atom. The van der Waals surface area contributed by atoms with Gasteiger partial charge in [0.25, 0.3) is 0 Å². The monoisotopic (exact) mass is 168 g/mol. The van der Waals surface area contributed by atoms with Crippen LogP contribution in [0.3, 0.4) is 0 Å². The van der Waals surface area contributed by atoms with Crippen molar-refractivity contribution in [2.24, 2.45) is 0 Å². The van der Waals surface area contributed by atoms with Crippen LogP contribution in [0.1, 0.15) is 18.3 Å². The van der Waals surface area contributed by atoms with Gasteiger partial charge in [-0.3, -0.25) is 0 Å². The number of aliphatic hydroxyl groups is 1. The highest BCUT2D eigenvalue weighted by Crippen LogP contribution is 2.09. The second-order valence-corrected chi connectivity index (χ2v) is 2.40. The molecule has 0 aromatic carbocycles. The van der Waals surface area contributed by atoms with Crippen LogP contribution in [-0.4, -0.2) is 28.8 Å². The molecule has 0 fully saturated rings. The van der Waals surface area contributed by atoms with Crippen LogP contribution in [0.25, 0.3) is 0 Å². The Morgan fingerprint density at radius 3 is 2.75 bits per heavy atom. The third-order valence-corrected chi connectivity index (χ3v) is 1.48. The number of hydrogen-bond donors (Lipinski definition) is 1. The molecular formula is C8H12N2O2. The first-order valence-electron chi connectivity index (χ1n) is 3.78. The zero-order valence-electron chi connectivity index (χ0n) is 6.97. The molecule has 0 spiro atoms. The van der Waals surface area contributed by atoms with Crippen molar-refractivity contribution in [3.63, 3.8) is 0 Å². The number of aromatic nitrogens is 2. The molecule has 0 amide bonds. The van der Waals surface area contributed by atoms with Crippen molar-refractivity contribution < 1.29 is 9.84 Å². The summed E-state index contributed by atoms with van der Waals surface area (Å²) in [4.78, 5) is 7.83. The number of hydrogen-bond acceptors (Lipinski definition) is 4. The number of methoxy groups -OCH3 is 1. The molecule has 12 heavy (non-hydrogen) atoms. The molecule has 1 rings (SSSR count). The van der Waals surface area contributed by atoms with E-state index in [1.165, 1.54) is 0 Å². The number of nitrogens with zero attached hydrogens (tertiary/aromatic N) is 2. The quantitative estimate of drug-likeness (QED) is 0.713. The average molecular weight is 168 g/mol. The molecule has 1 atom stereocenters. The molecule has 1 aromatic heterocycles. The fourth-order valence-electron chi connectivity index (χ4n) is 0.841. The van der Waals surface area contributed by atoms with Gasteiger partial charge < -0.3 is 9.84 Å². The summed E-state index contributed by atoms with van der Waals surface area (Å²) in [6, 6.07) is 1.71. The molecule has 4 nitrogen and oxygen atoms in total. The van der Waals surface area contributed by atoms with Crippen LogP contribution in [0.2, 0.25) is 0 Å². The topological polar surface area (TPSA) is 55.2 Å². The summed E-state index contributed by atoms with van der Waals surface area (Å²) in [6.07, 6.45) is 3.13. The minimum absolute atomic E-state index is 0.453. The summed E-state index contributed by atoms with van der Waals surface area (Å²) in [7, 11) is 1.60. The van der Waals surface area contributed by atoms with E-state index in [0.29, 0.717) is 18.9 Å². The van der Waals surface area contributed by atoms with E-state index in [2.05, 4.69) is 9.97 Å². The summed E-state index contributed by atoms with van der Waals surface area (Å²) in [5.74, 6) is 0.453. The van der Waals surface area contributed by atoms with Crippen LogP contribution in [-0.2, 0) is 4.74 Å². The van der Waals surface area contributed by atoms with E-state index >= 15 is 0 Å². The van der Waals surface area contributed by atoms with E-state index in [0.717, 1.165) is 0 Å². The van der Waals surface area contributed by atoms with Crippen molar-refractivity contribution in [3.05, 3.63) is 24.3 Å². The maximum Gasteiger partial charge on any atom is 0.156 e. The maximum absolute atomic E-state index is 9.45. The van der Waals surface area contributed by atoms with Crippen LogP contribution in [0.15, 0.2) is 18.5 Å². The van der Waals surface area contributed by atoms with Gasteiger partial charge in [0.15, 0.2) is 5.82 Å². The SMILES string of the molecule is COCCC(O)c1ncccn1. The first kappa shape index (κ1) is 9.09. The lowest BCUT2D eigenvalue weighted by atomic mass is 10.2. The van der Waals surface area contributed by atoms with Gasteiger partial charge in [0, 0.05) is 32.5 Å². The molecule has 0 saturated carbocycles. The second kappa shape index (κ2) is 4.79. The molecule has 0 bridgehead atoms. The fraction of sp³-hybridized carbons (Fsp3) is 0.500. The van der Waals surface area contributed by atoms with Crippen molar-refractivity contribution in [1.82, 2.24) is 9.97 Å². The lowest BCUT2D eigenvalue weighted by molar-refractivity contribution is 0.104. The van der Waals surface area contributed by atoms with Crippen LogP contribution < -0.4 is 0 Å². The molecule has 4 heteroatoms. The predicted molar refractivity (Wildman–Crippen MR) is 43.5 cm³/mol. The van der Waals surface area contributed by atoms with E-state index in [1.807, 2.05) is 0 Å². The third kappa shape index (κ3) is 2.56. The summed E-state index contributed by atoms with van der Waals surface area (Å²) >= 11 is 0. The minimum Gasteiger partial charge on any atom is -0.385 e. The Morgan fingerprint density at radius 2 is 2.17 bits per heavy atom. The van der Waals surface area contributed by atoms with Gasteiger partial charge in [0.1, 0.15) is 6.10 Å². The maximum atomic E-state index is 9.45. The highest BCUT2D eigenvalue weighted by molar-refractivity contribution is 4.92. The molecule has 1 aromatic rings. The van der Waals surface area contributed by atoms with Gasteiger partial charge in [-0.25, -0.2) is 9.97 Å². The first-order chi connectivity index (χ1) is 5.84. The lowest BCUT2D eigenvalue weighted by Crippen LogP contribution is -2.05. The first-order valence-corrected chi connectivity index (χ1v) is 3.78. The Hall–Kier alpha value is -1.00. The standard InChI is InChI=1S/C8H12N2O2/c1-12-6-3-7(11)8-9-4-2-5-10-8/h2,4-5,7,11H,3,6H2,1H3. The number of ether oxygens (including phenoxy) is 1. The molecule has 0 aliphatic rings. The van der Waals surface area contributed by atoms with E-state index in [1.54, 1.807) is 25.6 Å². The second-order valence-electron chi connectivity index (χ2n) is 2.40. The van der Waals surface area contributed by atoms with Gasteiger partial charge >= 0.3 is 0 Å². The molecule has 0 saturated heterocycles. The zero-order chi connectivity index (χ0) is 8.81. The predicted octanol–water partition coefficient (Wildman–Crippen LogP) is 0.547. The van der Waals surface area contributed by atoms with Crippen molar-refractivity contribution in [2.45, 2.75) is 12.5 Å². The summed E-state index contributed by atoms with van der Waals surface area (Å²) in [5.41, 5.74) is 0. The van der Waals surface area contributed by atoms with Crippen molar-refractivity contribution in [3.8, 4) is 0 Å². The summed E-state index contributed by atoms with van der Waals surface area (Å²) < 4.78 is 4.82. The summed E-state index contributed by atoms with van der Waals surface area (Å²) in [5, 5.41) is 9.45. The molecule has 1 unspecified atom stereocenters. The molecule has 0 aliphatic heterocycles. The van der Waals surface area contributed by atoms with E-state index in [-0.39, 0.29) is 0 Å². The zero-order valence-corrected chi connectivity index (χ0v) is 6.97. The van der Waals surface area contributed by atoms with Gasteiger partial charge in [-0.05, 0) is 6.07 Å². The van der Waals surface area contributed by atoms with Crippen LogP contribution in [0.4, 0.5) is 0 Å². The molecule has 1 N–H and O–H groups in total. The van der Waals surface area contributed by atoms with Gasteiger partial charge in [-0.2, -0.15) is 0 Å². The molecule has 66 valence electrons. The third-order valence-electron chi connectivity index (χ3n) is 1.48. The van der Waals surface area contributed by atoms with Gasteiger partial charge in [0.2, 0.25) is 0 Å². The van der Waals surface area contributed by atoms with E-state index in [4.69, 9.17) is 4.74 Å². The highest BCUT2D eigenvalue weighted by atomic mass is 16.5. The molecule has 0 radical (unpaired) electrons. The largest absolute Gasteiger partial charge is 0.385 e. The smallest absolute Gasteiger partial charge is 0.156 e. The van der Waals surface area contributed by atoms with Crippen molar-refractivity contribution in [1.29, 1.82) is 0 Å². The van der Waals surface area contributed by atoms with Crippen molar-refractivity contribution in [2.75, 3.05) is 13.7 Å².